The molecule has 2 N–H and O–H groups in total. The van der Waals surface area contributed by atoms with Crippen LogP contribution in [-0.2, 0) is 6.54 Å². The summed E-state index contributed by atoms with van der Waals surface area (Å²) in [5.41, 5.74) is 2.03. The minimum Gasteiger partial charge on any atom is -0.357 e. The number of nitrogens with zero attached hydrogens (tertiary/aromatic N) is 3. The molecule has 1 rings (SSSR count). The van der Waals surface area contributed by atoms with E-state index < -0.39 is 0 Å². The number of hydrogen-bond donors (Lipinski definition) is 2. The van der Waals surface area contributed by atoms with Crippen LogP contribution in [-0.4, -0.2) is 47.6 Å². The molecule has 5 nitrogen and oxygen atoms in total. The maximum Gasteiger partial charge on any atom is 0.191 e. The van der Waals surface area contributed by atoms with Gasteiger partial charge in [0.05, 0.1) is 12.2 Å². The lowest BCUT2D eigenvalue weighted by Gasteiger charge is -2.30. The zero-order valence-electron chi connectivity index (χ0n) is 16.3. The number of guanidine groups is 1. The Morgan fingerprint density at radius 1 is 1.17 bits per heavy atom. The first-order chi connectivity index (χ1) is 11.4. The van der Waals surface area contributed by atoms with Crippen molar-refractivity contribution in [2.24, 2.45) is 4.99 Å². The van der Waals surface area contributed by atoms with E-state index in [-0.39, 0.29) is 0 Å². The van der Waals surface area contributed by atoms with Gasteiger partial charge in [-0.05, 0) is 60.1 Å². The summed E-state index contributed by atoms with van der Waals surface area (Å²) >= 11 is 0. The van der Waals surface area contributed by atoms with E-state index in [1.807, 2.05) is 25.1 Å². The fourth-order valence-electron chi connectivity index (χ4n) is 2.77. The van der Waals surface area contributed by atoms with Gasteiger partial charge in [-0.15, -0.1) is 0 Å². The molecule has 1 heterocycles. The number of aromatic nitrogens is 1. The topological polar surface area (TPSA) is 52.6 Å². The van der Waals surface area contributed by atoms with E-state index in [1.54, 1.807) is 0 Å². The quantitative estimate of drug-likeness (QED) is 0.414. The van der Waals surface area contributed by atoms with E-state index in [1.165, 1.54) is 0 Å². The molecule has 1 aromatic rings. The summed E-state index contributed by atoms with van der Waals surface area (Å²) in [6, 6.07) is 7.22. The summed E-state index contributed by atoms with van der Waals surface area (Å²) in [6.45, 7) is 16.6. The molecule has 0 radical (unpaired) electrons. The summed E-state index contributed by atoms with van der Waals surface area (Å²) in [7, 11) is 0. The van der Waals surface area contributed by atoms with E-state index in [4.69, 9.17) is 0 Å². The zero-order valence-corrected chi connectivity index (χ0v) is 16.3. The van der Waals surface area contributed by atoms with Gasteiger partial charge in [0.15, 0.2) is 5.96 Å². The number of hydrogen-bond acceptors (Lipinski definition) is 3. The third-order valence-corrected chi connectivity index (χ3v) is 3.90. The molecule has 0 aliphatic carbocycles. The number of aliphatic imine (C=N–C) groups is 1. The second kappa shape index (κ2) is 11.0. The molecule has 0 saturated heterocycles. The molecular formula is C19H35N5. The Labute approximate surface area is 148 Å². The predicted octanol–water partition coefficient (Wildman–Crippen LogP) is 2.95. The van der Waals surface area contributed by atoms with Gasteiger partial charge in [-0.3, -0.25) is 9.88 Å². The number of rotatable bonds is 9. The highest BCUT2D eigenvalue weighted by Gasteiger charge is 2.12. The highest BCUT2D eigenvalue weighted by molar-refractivity contribution is 5.79. The highest BCUT2D eigenvalue weighted by atomic mass is 15.2. The Kier molecular flexibility index (Phi) is 9.38. The Balaban J connectivity index is 2.46. The number of aryl methyl sites for hydroxylation is 1. The van der Waals surface area contributed by atoms with Crippen LogP contribution in [0.1, 0.15) is 52.4 Å². The van der Waals surface area contributed by atoms with Crippen molar-refractivity contribution in [1.29, 1.82) is 0 Å². The van der Waals surface area contributed by atoms with E-state index in [2.05, 4.69) is 60.1 Å². The van der Waals surface area contributed by atoms with Crippen molar-refractivity contribution in [2.75, 3.05) is 19.6 Å². The summed E-state index contributed by atoms with van der Waals surface area (Å²) in [5.74, 6) is 0.862. The van der Waals surface area contributed by atoms with Gasteiger partial charge in [-0.1, -0.05) is 6.07 Å². The molecular weight excluding hydrogens is 298 g/mol. The van der Waals surface area contributed by atoms with Crippen molar-refractivity contribution in [1.82, 2.24) is 20.5 Å². The standard InChI is InChI=1S/C19H35N5/c1-7-20-19(22-14-18-11-8-10-17(6)23-18)21-12-9-13-24(15(2)3)16(4)5/h8,10-11,15-16H,7,9,12-14H2,1-6H3,(H2,20,21,22). The molecule has 0 aliphatic rings. The molecule has 0 amide bonds. The maximum atomic E-state index is 4.63. The van der Waals surface area contributed by atoms with E-state index in [0.29, 0.717) is 18.6 Å². The summed E-state index contributed by atoms with van der Waals surface area (Å²) in [6.07, 6.45) is 1.10. The Morgan fingerprint density at radius 2 is 1.88 bits per heavy atom. The first-order valence-corrected chi connectivity index (χ1v) is 9.14. The van der Waals surface area contributed by atoms with Crippen molar-refractivity contribution in [2.45, 2.75) is 66.6 Å². The lowest BCUT2D eigenvalue weighted by Crippen LogP contribution is -2.41. The van der Waals surface area contributed by atoms with E-state index in [9.17, 15) is 0 Å². The maximum absolute atomic E-state index is 4.63. The largest absolute Gasteiger partial charge is 0.357 e. The van der Waals surface area contributed by atoms with Crippen LogP contribution in [0.2, 0.25) is 0 Å². The Hall–Kier alpha value is -1.62. The van der Waals surface area contributed by atoms with Crippen molar-refractivity contribution < 1.29 is 0 Å². The minimum absolute atomic E-state index is 0.583. The van der Waals surface area contributed by atoms with E-state index >= 15 is 0 Å². The minimum atomic E-state index is 0.583. The molecule has 0 spiro atoms. The van der Waals surface area contributed by atoms with Gasteiger partial charge in [-0.2, -0.15) is 0 Å². The molecule has 24 heavy (non-hydrogen) atoms. The Bertz CT molecular complexity index is 488. The molecule has 1 aromatic heterocycles. The second-order valence-electron chi connectivity index (χ2n) is 6.67. The van der Waals surface area contributed by atoms with E-state index in [0.717, 1.165) is 43.4 Å². The average Bonchev–Trinajstić information content (AvgIpc) is 2.51. The van der Waals surface area contributed by atoms with Gasteiger partial charge in [0.2, 0.25) is 0 Å². The van der Waals surface area contributed by atoms with Gasteiger partial charge >= 0.3 is 0 Å². The smallest absolute Gasteiger partial charge is 0.191 e. The molecule has 0 saturated carbocycles. The van der Waals surface area contributed by atoms with Crippen molar-refractivity contribution in [3.8, 4) is 0 Å². The van der Waals surface area contributed by atoms with Crippen LogP contribution >= 0.6 is 0 Å². The Morgan fingerprint density at radius 3 is 2.46 bits per heavy atom. The molecule has 5 heteroatoms. The van der Waals surface area contributed by atoms with Gasteiger partial charge in [-0.25, -0.2) is 4.99 Å². The van der Waals surface area contributed by atoms with Crippen LogP contribution in [0.5, 0.6) is 0 Å². The first kappa shape index (κ1) is 20.4. The van der Waals surface area contributed by atoms with Gasteiger partial charge < -0.3 is 10.6 Å². The van der Waals surface area contributed by atoms with Crippen LogP contribution in [0.15, 0.2) is 23.2 Å². The fraction of sp³-hybridized carbons (Fsp3) is 0.684. The van der Waals surface area contributed by atoms with Crippen LogP contribution in [0.3, 0.4) is 0 Å². The SMILES string of the molecule is CCNC(=NCc1cccc(C)n1)NCCCN(C(C)C)C(C)C. The van der Waals surface area contributed by atoms with Gasteiger partial charge in [0.25, 0.3) is 0 Å². The van der Waals surface area contributed by atoms with Crippen LogP contribution < -0.4 is 10.6 Å². The van der Waals surface area contributed by atoms with Gasteiger partial charge in [0, 0.05) is 37.4 Å². The van der Waals surface area contributed by atoms with Crippen molar-refractivity contribution in [3.05, 3.63) is 29.6 Å². The molecule has 0 bridgehead atoms. The van der Waals surface area contributed by atoms with Crippen LogP contribution in [0.25, 0.3) is 0 Å². The fourth-order valence-corrected chi connectivity index (χ4v) is 2.77. The van der Waals surface area contributed by atoms with Gasteiger partial charge in [0.1, 0.15) is 0 Å². The monoisotopic (exact) mass is 333 g/mol. The number of pyridine rings is 1. The molecule has 0 aromatic carbocycles. The summed E-state index contributed by atoms with van der Waals surface area (Å²) < 4.78 is 0. The summed E-state index contributed by atoms with van der Waals surface area (Å²) in [4.78, 5) is 11.6. The highest BCUT2D eigenvalue weighted by Crippen LogP contribution is 2.05. The van der Waals surface area contributed by atoms with Crippen LogP contribution in [0.4, 0.5) is 0 Å². The van der Waals surface area contributed by atoms with Crippen molar-refractivity contribution in [3.63, 3.8) is 0 Å². The second-order valence-corrected chi connectivity index (χ2v) is 6.67. The molecule has 0 aliphatic heterocycles. The third-order valence-electron chi connectivity index (χ3n) is 3.90. The molecule has 0 fully saturated rings. The first-order valence-electron chi connectivity index (χ1n) is 9.14. The third kappa shape index (κ3) is 7.77. The molecule has 0 atom stereocenters. The lowest BCUT2D eigenvalue weighted by atomic mass is 10.2. The lowest BCUT2D eigenvalue weighted by molar-refractivity contribution is 0.173. The van der Waals surface area contributed by atoms with Crippen LogP contribution in [0, 0.1) is 6.92 Å². The normalized spacial score (nSPS) is 12.3. The zero-order chi connectivity index (χ0) is 17.9. The van der Waals surface area contributed by atoms with Crippen molar-refractivity contribution >= 4 is 5.96 Å². The number of nitrogens with one attached hydrogen (secondary N) is 2. The average molecular weight is 334 g/mol. The molecule has 0 unspecified atom stereocenters. The molecule has 136 valence electrons. The summed E-state index contributed by atoms with van der Waals surface area (Å²) in [5, 5.41) is 6.72. The predicted molar refractivity (Wildman–Crippen MR) is 103 cm³/mol.